The van der Waals surface area contributed by atoms with Gasteiger partial charge in [-0.25, -0.2) is 0 Å². The molecule has 8 nitrogen and oxygen atoms in total. The average molecular weight is 411 g/mol. The van der Waals surface area contributed by atoms with Crippen molar-refractivity contribution in [2.24, 2.45) is 16.1 Å². The molecule has 30 heavy (non-hydrogen) atoms. The Morgan fingerprint density at radius 1 is 1.23 bits per heavy atom. The summed E-state index contributed by atoms with van der Waals surface area (Å²) in [5.41, 5.74) is 1.27. The van der Waals surface area contributed by atoms with Gasteiger partial charge in [0.15, 0.2) is 5.66 Å². The molecule has 2 amide bonds. The van der Waals surface area contributed by atoms with Crippen LogP contribution in [0.1, 0.15) is 75.8 Å². The van der Waals surface area contributed by atoms with Crippen LogP contribution in [0.4, 0.5) is 5.69 Å². The van der Waals surface area contributed by atoms with Crippen LogP contribution in [0.15, 0.2) is 16.4 Å². The van der Waals surface area contributed by atoms with Gasteiger partial charge < -0.3 is 10.2 Å². The van der Waals surface area contributed by atoms with Crippen molar-refractivity contribution in [1.29, 1.82) is 0 Å². The van der Waals surface area contributed by atoms with E-state index in [2.05, 4.69) is 31.7 Å². The van der Waals surface area contributed by atoms with Crippen molar-refractivity contribution >= 4 is 17.5 Å². The number of terminal acetylenes is 1. The Hall–Kier alpha value is -2.69. The molecule has 0 bridgehead atoms. The van der Waals surface area contributed by atoms with E-state index in [0.717, 1.165) is 62.9 Å². The third kappa shape index (κ3) is 4.72. The second kappa shape index (κ2) is 8.99. The number of nitrogens with zero attached hydrogens (tertiary/aromatic N) is 4. The zero-order valence-electron chi connectivity index (χ0n) is 17.4. The van der Waals surface area contributed by atoms with Crippen molar-refractivity contribution in [3.63, 3.8) is 0 Å². The van der Waals surface area contributed by atoms with Gasteiger partial charge in [0.25, 0.3) is 0 Å². The average Bonchev–Trinajstić information content (AvgIpc) is 3.14. The summed E-state index contributed by atoms with van der Waals surface area (Å²) in [4.78, 5) is 27.3. The van der Waals surface area contributed by atoms with E-state index >= 15 is 0 Å². The molecule has 2 N–H and O–H groups in total. The Bertz CT molecular complexity index is 842. The Kier molecular flexibility index (Phi) is 6.16. The van der Waals surface area contributed by atoms with E-state index < -0.39 is 5.66 Å². The monoisotopic (exact) mass is 410 g/mol. The molecule has 1 saturated heterocycles. The SMILES string of the molecule is C#CCCC1(CCC(=O)N2CCCC(c3[nH]ncc3NC(=O)C3CCCC3)C2)N=N1. The molecule has 1 aromatic rings. The number of anilines is 1. The zero-order chi connectivity index (χ0) is 21.0. The number of H-pyrrole nitrogens is 1. The molecule has 1 atom stereocenters. The summed E-state index contributed by atoms with van der Waals surface area (Å²) >= 11 is 0. The van der Waals surface area contributed by atoms with Crippen molar-refractivity contribution in [3.8, 4) is 12.3 Å². The van der Waals surface area contributed by atoms with Crippen molar-refractivity contribution in [3.05, 3.63) is 11.9 Å². The van der Waals surface area contributed by atoms with Crippen molar-refractivity contribution < 1.29 is 9.59 Å². The molecule has 4 rings (SSSR count). The summed E-state index contributed by atoms with van der Waals surface area (Å²) in [6.45, 7) is 1.40. The minimum atomic E-state index is -0.418. The quantitative estimate of drug-likeness (QED) is 0.640. The van der Waals surface area contributed by atoms with Crippen molar-refractivity contribution in [1.82, 2.24) is 15.1 Å². The van der Waals surface area contributed by atoms with Gasteiger partial charge in [-0.2, -0.15) is 15.3 Å². The van der Waals surface area contributed by atoms with Crippen LogP contribution in [0.5, 0.6) is 0 Å². The predicted molar refractivity (Wildman–Crippen MR) is 113 cm³/mol. The zero-order valence-corrected chi connectivity index (χ0v) is 17.4. The number of aromatic amines is 1. The first-order valence-corrected chi connectivity index (χ1v) is 11.1. The number of piperidine rings is 1. The maximum absolute atomic E-state index is 12.8. The van der Waals surface area contributed by atoms with Crippen LogP contribution in [0.3, 0.4) is 0 Å². The fraction of sp³-hybridized carbons (Fsp3) is 0.682. The van der Waals surface area contributed by atoms with E-state index in [1.54, 1.807) is 6.20 Å². The molecular weight excluding hydrogens is 380 g/mol. The van der Waals surface area contributed by atoms with Crippen LogP contribution in [0.25, 0.3) is 0 Å². The molecule has 0 spiro atoms. The van der Waals surface area contributed by atoms with Gasteiger partial charge in [-0.05, 0) is 25.7 Å². The van der Waals surface area contributed by atoms with Crippen LogP contribution < -0.4 is 5.32 Å². The fourth-order valence-electron chi connectivity index (χ4n) is 4.70. The molecular formula is C22H30N6O2. The molecule has 0 aromatic carbocycles. The summed E-state index contributed by atoms with van der Waals surface area (Å²) < 4.78 is 0. The number of nitrogens with one attached hydrogen (secondary N) is 2. The first kappa shape index (κ1) is 20.6. The first-order chi connectivity index (χ1) is 14.6. The van der Waals surface area contributed by atoms with Gasteiger partial charge in [0.2, 0.25) is 11.8 Å². The Morgan fingerprint density at radius 3 is 2.77 bits per heavy atom. The van der Waals surface area contributed by atoms with Gasteiger partial charge in [0.05, 0.1) is 17.6 Å². The number of likely N-dealkylation sites (tertiary alicyclic amines) is 1. The van der Waals surface area contributed by atoms with Crippen LogP contribution in [-0.4, -0.2) is 45.7 Å². The number of rotatable bonds is 8. The van der Waals surface area contributed by atoms with Crippen LogP contribution in [0.2, 0.25) is 0 Å². The van der Waals surface area contributed by atoms with Crippen molar-refractivity contribution in [2.45, 2.75) is 75.8 Å². The topological polar surface area (TPSA) is 103 Å². The highest BCUT2D eigenvalue weighted by Crippen LogP contribution is 2.38. The Balaban J connectivity index is 1.32. The Labute approximate surface area is 177 Å². The smallest absolute Gasteiger partial charge is 0.227 e. The molecule has 160 valence electrons. The van der Waals surface area contributed by atoms with Gasteiger partial charge in [-0.1, -0.05) is 12.8 Å². The fourth-order valence-corrected chi connectivity index (χ4v) is 4.70. The minimum absolute atomic E-state index is 0.0908. The lowest BCUT2D eigenvalue weighted by Crippen LogP contribution is -2.39. The highest BCUT2D eigenvalue weighted by Gasteiger charge is 2.40. The number of carbonyl (C=O) groups is 2. The normalized spacial score (nSPS) is 22.6. The lowest BCUT2D eigenvalue weighted by molar-refractivity contribution is -0.132. The Morgan fingerprint density at radius 2 is 2.03 bits per heavy atom. The van der Waals surface area contributed by atoms with E-state index in [9.17, 15) is 9.59 Å². The van der Waals surface area contributed by atoms with E-state index in [4.69, 9.17) is 6.42 Å². The maximum Gasteiger partial charge on any atom is 0.227 e. The molecule has 3 aliphatic rings. The third-order valence-electron chi connectivity index (χ3n) is 6.63. The molecule has 1 aromatic heterocycles. The predicted octanol–water partition coefficient (Wildman–Crippen LogP) is 3.60. The summed E-state index contributed by atoms with van der Waals surface area (Å²) in [7, 11) is 0. The molecule has 1 unspecified atom stereocenters. The van der Waals surface area contributed by atoms with Gasteiger partial charge in [-0.15, -0.1) is 12.3 Å². The molecule has 3 heterocycles. The summed E-state index contributed by atoms with van der Waals surface area (Å²) in [5, 5.41) is 18.5. The molecule has 0 radical (unpaired) electrons. The van der Waals surface area contributed by atoms with E-state index in [1.165, 1.54) is 0 Å². The minimum Gasteiger partial charge on any atom is -0.342 e. The van der Waals surface area contributed by atoms with Crippen LogP contribution in [-0.2, 0) is 9.59 Å². The molecule has 1 aliphatic carbocycles. The molecule has 8 heteroatoms. The summed E-state index contributed by atoms with van der Waals surface area (Å²) in [6.07, 6.45) is 15.5. The van der Waals surface area contributed by atoms with Gasteiger partial charge in [-0.3, -0.25) is 14.7 Å². The number of carbonyl (C=O) groups excluding carboxylic acids is 2. The largest absolute Gasteiger partial charge is 0.342 e. The number of hydrogen-bond acceptors (Lipinski definition) is 5. The van der Waals surface area contributed by atoms with E-state index in [1.807, 2.05) is 4.90 Å². The van der Waals surface area contributed by atoms with Gasteiger partial charge in [0, 0.05) is 50.6 Å². The maximum atomic E-state index is 12.8. The number of hydrogen-bond donors (Lipinski definition) is 2. The second-order valence-corrected chi connectivity index (χ2v) is 8.73. The highest BCUT2D eigenvalue weighted by molar-refractivity contribution is 5.93. The molecule has 2 aliphatic heterocycles. The van der Waals surface area contributed by atoms with Gasteiger partial charge >= 0.3 is 0 Å². The van der Waals surface area contributed by atoms with Gasteiger partial charge in [0.1, 0.15) is 0 Å². The number of aromatic nitrogens is 2. The molecule has 2 fully saturated rings. The standard InChI is InChI=1S/C22H30N6O2/c1-2-3-11-22(26-27-22)12-10-19(29)28-13-6-9-17(15-28)20-18(14-23-25-20)24-21(30)16-7-4-5-8-16/h1,14,16-17H,3-13,15H2,(H,23,25)(H,24,30). The summed E-state index contributed by atoms with van der Waals surface area (Å²) in [5.74, 6) is 3.10. The second-order valence-electron chi connectivity index (χ2n) is 8.73. The van der Waals surface area contributed by atoms with Crippen LogP contribution in [0, 0.1) is 18.3 Å². The summed E-state index contributed by atoms with van der Waals surface area (Å²) in [6, 6.07) is 0. The first-order valence-electron chi connectivity index (χ1n) is 11.1. The van der Waals surface area contributed by atoms with E-state index in [-0.39, 0.29) is 23.7 Å². The highest BCUT2D eigenvalue weighted by atomic mass is 16.2. The van der Waals surface area contributed by atoms with E-state index in [0.29, 0.717) is 25.8 Å². The number of amides is 2. The van der Waals surface area contributed by atoms with Crippen molar-refractivity contribution in [2.75, 3.05) is 18.4 Å². The lowest BCUT2D eigenvalue weighted by atomic mass is 9.93. The van der Waals surface area contributed by atoms with Crippen LogP contribution >= 0.6 is 0 Å². The molecule has 1 saturated carbocycles. The lowest BCUT2D eigenvalue weighted by Gasteiger charge is -2.33. The third-order valence-corrected chi connectivity index (χ3v) is 6.63.